The second-order valence-corrected chi connectivity index (χ2v) is 3.64. The van der Waals surface area contributed by atoms with Gasteiger partial charge in [0.05, 0.1) is 13.0 Å². The Kier molecular flexibility index (Phi) is 4.88. The smallest absolute Gasteiger partial charge is 0.387 e. The van der Waals surface area contributed by atoms with E-state index in [9.17, 15) is 13.6 Å². The van der Waals surface area contributed by atoms with Crippen molar-refractivity contribution >= 4 is 11.7 Å². The highest BCUT2D eigenvalue weighted by Gasteiger charge is 2.18. The van der Waals surface area contributed by atoms with Gasteiger partial charge in [-0.2, -0.15) is 8.78 Å². The second kappa shape index (κ2) is 6.18. The lowest BCUT2D eigenvalue weighted by Crippen LogP contribution is -2.13. The predicted octanol–water partition coefficient (Wildman–Crippen LogP) is 2.28. The van der Waals surface area contributed by atoms with Crippen LogP contribution in [-0.2, 0) is 16.0 Å². The SMILES string of the molecule is CCOC(=O)Cc1c(N)ccc(C)c1OC(F)F. The summed E-state index contributed by atoms with van der Waals surface area (Å²) in [5.74, 6) is -0.591. The molecule has 0 saturated heterocycles. The van der Waals surface area contributed by atoms with E-state index in [1.807, 2.05) is 0 Å². The van der Waals surface area contributed by atoms with E-state index in [4.69, 9.17) is 10.5 Å². The lowest BCUT2D eigenvalue weighted by Gasteiger charge is -2.15. The van der Waals surface area contributed by atoms with Gasteiger partial charge >= 0.3 is 12.6 Å². The molecule has 0 unspecified atom stereocenters. The number of ether oxygens (including phenoxy) is 2. The Balaban J connectivity index is 3.06. The minimum Gasteiger partial charge on any atom is -0.466 e. The number of nitrogen functional groups attached to an aromatic ring is 1. The van der Waals surface area contributed by atoms with E-state index >= 15 is 0 Å². The second-order valence-electron chi connectivity index (χ2n) is 3.64. The molecule has 2 N–H and O–H groups in total. The largest absolute Gasteiger partial charge is 0.466 e. The van der Waals surface area contributed by atoms with Gasteiger partial charge in [0.25, 0.3) is 0 Å². The predicted molar refractivity (Wildman–Crippen MR) is 62.6 cm³/mol. The Morgan fingerprint density at radius 3 is 2.67 bits per heavy atom. The number of benzene rings is 1. The number of esters is 1. The molecule has 0 radical (unpaired) electrons. The van der Waals surface area contributed by atoms with Gasteiger partial charge in [0.2, 0.25) is 0 Å². The number of alkyl halides is 2. The van der Waals surface area contributed by atoms with E-state index in [1.54, 1.807) is 26.0 Å². The molecule has 0 atom stereocenters. The van der Waals surface area contributed by atoms with Crippen molar-refractivity contribution in [1.29, 1.82) is 0 Å². The van der Waals surface area contributed by atoms with Crippen LogP contribution in [0.25, 0.3) is 0 Å². The molecule has 4 nitrogen and oxygen atoms in total. The zero-order chi connectivity index (χ0) is 13.7. The Hall–Kier alpha value is -1.85. The molecule has 1 rings (SSSR count). The third-order valence-electron chi connectivity index (χ3n) is 2.33. The molecule has 0 fully saturated rings. The molecule has 0 aliphatic rings. The number of nitrogens with two attached hydrogens (primary N) is 1. The van der Waals surface area contributed by atoms with E-state index in [0.717, 1.165) is 0 Å². The van der Waals surface area contributed by atoms with Crippen molar-refractivity contribution in [3.63, 3.8) is 0 Å². The highest BCUT2D eigenvalue weighted by molar-refractivity contribution is 5.77. The molecular formula is C12H15F2NO3. The van der Waals surface area contributed by atoms with Gasteiger partial charge in [0.15, 0.2) is 0 Å². The Morgan fingerprint density at radius 1 is 1.44 bits per heavy atom. The standard InChI is InChI=1S/C12H15F2NO3/c1-3-17-10(16)6-8-9(15)5-4-7(2)11(8)18-12(13)14/h4-5,12H,3,6,15H2,1-2H3. The summed E-state index contributed by atoms with van der Waals surface area (Å²) in [7, 11) is 0. The molecule has 0 aromatic heterocycles. The summed E-state index contributed by atoms with van der Waals surface area (Å²) in [5, 5.41) is 0. The van der Waals surface area contributed by atoms with Crippen LogP contribution in [0.2, 0.25) is 0 Å². The molecule has 6 heteroatoms. The maximum absolute atomic E-state index is 12.3. The molecule has 18 heavy (non-hydrogen) atoms. The quantitative estimate of drug-likeness (QED) is 0.651. The number of anilines is 1. The average Bonchev–Trinajstić information content (AvgIpc) is 2.28. The number of halogens is 2. The number of carbonyl (C=O) groups excluding carboxylic acids is 1. The number of rotatable bonds is 5. The third kappa shape index (κ3) is 3.58. The van der Waals surface area contributed by atoms with Crippen LogP contribution in [0.1, 0.15) is 18.1 Å². The molecule has 0 bridgehead atoms. The summed E-state index contributed by atoms with van der Waals surface area (Å²) in [6.45, 7) is 0.515. The Morgan fingerprint density at radius 2 is 2.11 bits per heavy atom. The summed E-state index contributed by atoms with van der Waals surface area (Å²) in [4.78, 5) is 11.4. The van der Waals surface area contributed by atoms with Crippen LogP contribution >= 0.6 is 0 Å². The molecule has 0 heterocycles. The van der Waals surface area contributed by atoms with Gasteiger partial charge in [-0.3, -0.25) is 4.79 Å². The maximum Gasteiger partial charge on any atom is 0.387 e. The molecule has 1 aromatic carbocycles. The summed E-state index contributed by atoms with van der Waals surface area (Å²) < 4.78 is 33.8. The van der Waals surface area contributed by atoms with Crippen molar-refractivity contribution in [2.24, 2.45) is 0 Å². The fraction of sp³-hybridized carbons (Fsp3) is 0.417. The first-order valence-corrected chi connectivity index (χ1v) is 5.44. The van der Waals surface area contributed by atoms with E-state index < -0.39 is 12.6 Å². The van der Waals surface area contributed by atoms with Crippen LogP contribution in [0.15, 0.2) is 12.1 Å². The lowest BCUT2D eigenvalue weighted by molar-refractivity contribution is -0.142. The summed E-state index contributed by atoms with van der Waals surface area (Å²) in [6.07, 6.45) is -0.191. The first kappa shape index (κ1) is 14.2. The van der Waals surface area contributed by atoms with Crippen molar-refractivity contribution < 1.29 is 23.0 Å². The molecule has 0 saturated carbocycles. The minimum absolute atomic E-state index is 0.0574. The summed E-state index contributed by atoms with van der Waals surface area (Å²) in [5.41, 5.74) is 6.62. The molecule has 100 valence electrons. The Bertz CT molecular complexity index is 436. The van der Waals surface area contributed by atoms with Crippen LogP contribution in [0.5, 0.6) is 5.75 Å². The summed E-state index contributed by atoms with van der Waals surface area (Å²) in [6, 6.07) is 3.10. The maximum atomic E-state index is 12.3. The van der Waals surface area contributed by atoms with Gasteiger partial charge in [0, 0.05) is 11.3 Å². The Labute approximate surface area is 104 Å². The molecule has 0 aliphatic carbocycles. The van der Waals surface area contributed by atoms with Crippen LogP contribution in [0, 0.1) is 6.92 Å². The molecule has 1 aromatic rings. The number of hydrogen-bond acceptors (Lipinski definition) is 4. The molecule has 0 aliphatic heterocycles. The first-order valence-electron chi connectivity index (χ1n) is 5.44. The molecular weight excluding hydrogens is 244 g/mol. The van der Waals surface area contributed by atoms with Crippen LogP contribution < -0.4 is 10.5 Å². The monoisotopic (exact) mass is 259 g/mol. The van der Waals surface area contributed by atoms with E-state index in [1.165, 1.54) is 0 Å². The topological polar surface area (TPSA) is 61.5 Å². The van der Waals surface area contributed by atoms with E-state index in [-0.39, 0.29) is 30.0 Å². The number of carbonyl (C=O) groups is 1. The molecule has 0 amide bonds. The van der Waals surface area contributed by atoms with Crippen molar-refractivity contribution in [1.82, 2.24) is 0 Å². The fourth-order valence-corrected chi connectivity index (χ4v) is 1.55. The molecule has 0 spiro atoms. The van der Waals surface area contributed by atoms with Crippen LogP contribution in [0.3, 0.4) is 0 Å². The van der Waals surface area contributed by atoms with Crippen molar-refractivity contribution in [2.75, 3.05) is 12.3 Å². The van der Waals surface area contributed by atoms with Crippen molar-refractivity contribution in [3.05, 3.63) is 23.3 Å². The van der Waals surface area contributed by atoms with Crippen molar-refractivity contribution in [2.45, 2.75) is 26.9 Å². The lowest BCUT2D eigenvalue weighted by atomic mass is 10.0. The van der Waals surface area contributed by atoms with Gasteiger partial charge in [-0.05, 0) is 25.5 Å². The van der Waals surface area contributed by atoms with Gasteiger partial charge in [0.1, 0.15) is 5.75 Å². The van der Waals surface area contributed by atoms with Gasteiger partial charge < -0.3 is 15.2 Å². The normalized spacial score (nSPS) is 10.5. The third-order valence-corrected chi connectivity index (χ3v) is 2.33. The van der Waals surface area contributed by atoms with Crippen molar-refractivity contribution in [3.8, 4) is 5.75 Å². The average molecular weight is 259 g/mol. The van der Waals surface area contributed by atoms with Gasteiger partial charge in [-0.15, -0.1) is 0 Å². The highest BCUT2D eigenvalue weighted by Crippen LogP contribution is 2.30. The fourth-order valence-electron chi connectivity index (χ4n) is 1.55. The zero-order valence-corrected chi connectivity index (χ0v) is 10.2. The van der Waals surface area contributed by atoms with Gasteiger partial charge in [-0.25, -0.2) is 0 Å². The summed E-state index contributed by atoms with van der Waals surface area (Å²) >= 11 is 0. The first-order chi connectivity index (χ1) is 8.45. The van der Waals surface area contributed by atoms with Gasteiger partial charge in [-0.1, -0.05) is 6.07 Å². The number of hydrogen-bond donors (Lipinski definition) is 1. The van der Waals surface area contributed by atoms with E-state index in [2.05, 4.69) is 4.74 Å². The van der Waals surface area contributed by atoms with Crippen LogP contribution in [-0.4, -0.2) is 19.2 Å². The zero-order valence-electron chi connectivity index (χ0n) is 10.2. The van der Waals surface area contributed by atoms with Crippen LogP contribution in [0.4, 0.5) is 14.5 Å². The highest BCUT2D eigenvalue weighted by atomic mass is 19.3. The number of aryl methyl sites for hydroxylation is 1. The minimum atomic E-state index is -2.97. The van der Waals surface area contributed by atoms with E-state index in [0.29, 0.717) is 5.56 Å².